The highest BCUT2D eigenvalue weighted by molar-refractivity contribution is 6.32. The monoisotopic (exact) mass is 552 g/mol. The zero-order chi connectivity index (χ0) is 27.6. The fourth-order valence-corrected chi connectivity index (χ4v) is 5.95. The number of fused-ring (bicyclic) bond motifs is 3. The Morgan fingerprint density at radius 3 is 2.67 bits per heavy atom. The number of allylic oxidation sites excluding steroid dienone is 2. The van der Waals surface area contributed by atoms with Crippen LogP contribution >= 0.6 is 11.6 Å². The number of aliphatic imine (C=N–C) groups is 1. The lowest BCUT2D eigenvalue weighted by molar-refractivity contribution is 0.280. The van der Waals surface area contributed by atoms with E-state index in [-0.39, 0.29) is 18.5 Å². The molecule has 0 radical (unpaired) electrons. The Morgan fingerprint density at radius 2 is 1.88 bits per heavy atom. The molecule has 1 heterocycles. The molecule has 2 aliphatic rings. The quantitative estimate of drug-likeness (QED) is 0.184. The molecule has 1 N–H and O–H groups in total. The van der Waals surface area contributed by atoms with Crippen molar-refractivity contribution >= 4 is 29.2 Å². The van der Waals surface area contributed by atoms with Crippen LogP contribution in [0.25, 0.3) is 0 Å². The van der Waals surface area contributed by atoms with Crippen molar-refractivity contribution in [3.05, 3.63) is 130 Å². The van der Waals surface area contributed by atoms with E-state index in [9.17, 15) is 4.39 Å². The Kier molecular flexibility index (Phi) is 7.31. The standard InChI is InChI=1S/C34H30ClFN2O2/c1-21-10-15-31-28(16-21)26-7-5-8-27(26)33(38-31)23-11-13-25(14-12-23)37-19-22-17-29(35)34(32(18-22)39-2)40-20-24-6-3-4-9-30(24)36/h3-7,9-19,26-27,33,38H,8,20H2,1-2H3/t26-,27+,33+/m1/s1. The first-order valence-corrected chi connectivity index (χ1v) is 13.8. The fraction of sp³-hybridized carbons (Fsp3) is 0.206. The van der Waals surface area contributed by atoms with E-state index in [1.165, 1.54) is 28.4 Å². The van der Waals surface area contributed by atoms with E-state index in [1.807, 2.05) is 12.1 Å². The minimum absolute atomic E-state index is 0.0429. The summed E-state index contributed by atoms with van der Waals surface area (Å²) in [5, 5.41) is 4.16. The smallest absolute Gasteiger partial charge is 0.180 e. The molecule has 0 saturated heterocycles. The van der Waals surface area contributed by atoms with Crippen LogP contribution in [0.2, 0.25) is 5.02 Å². The van der Waals surface area contributed by atoms with Crippen LogP contribution in [0.5, 0.6) is 11.5 Å². The molecule has 0 saturated carbocycles. The van der Waals surface area contributed by atoms with Crippen molar-refractivity contribution < 1.29 is 13.9 Å². The zero-order valence-electron chi connectivity index (χ0n) is 22.4. The van der Waals surface area contributed by atoms with Crippen LogP contribution in [0.15, 0.2) is 96.0 Å². The van der Waals surface area contributed by atoms with Gasteiger partial charge in [0.2, 0.25) is 0 Å². The van der Waals surface area contributed by atoms with E-state index in [0.717, 1.165) is 17.7 Å². The van der Waals surface area contributed by atoms with Crippen LogP contribution in [0.4, 0.5) is 15.8 Å². The number of nitrogens with zero attached hydrogens (tertiary/aromatic N) is 1. The summed E-state index contributed by atoms with van der Waals surface area (Å²) in [6, 6.07) is 25.4. The number of hydrogen-bond donors (Lipinski definition) is 1. The molecule has 0 spiro atoms. The molecular formula is C34H30ClFN2O2. The molecule has 3 atom stereocenters. The van der Waals surface area contributed by atoms with Gasteiger partial charge < -0.3 is 14.8 Å². The summed E-state index contributed by atoms with van der Waals surface area (Å²) in [6.45, 7) is 2.20. The van der Waals surface area contributed by atoms with E-state index in [0.29, 0.717) is 33.9 Å². The maximum Gasteiger partial charge on any atom is 0.180 e. The Labute approximate surface area is 239 Å². The van der Waals surface area contributed by atoms with E-state index < -0.39 is 0 Å². The molecule has 4 aromatic rings. The number of aryl methyl sites for hydroxylation is 1. The van der Waals surface area contributed by atoms with Crippen LogP contribution < -0.4 is 14.8 Å². The first kappa shape index (κ1) is 26.1. The Balaban J connectivity index is 1.17. The van der Waals surface area contributed by atoms with Gasteiger partial charge in [0.1, 0.15) is 12.4 Å². The average Bonchev–Trinajstić information content (AvgIpc) is 3.47. The number of ether oxygens (including phenoxy) is 2. The van der Waals surface area contributed by atoms with Crippen molar-refractivity contribution in [3.8, 4) is 11.5 Å². The zero-order valence-corrected chi connectivity index (χ0v) is 23.2. The topological polar surface area (TPSA) is 42.8 Å². The molecule has 202 valence electrons. The maximum absolute atomic E-state index is 14.0. The van der Waals surface area contributed by atoms with E-state index in [4.69, 9.17) is 21.1 Å². The molecule has 0 unspecified atom stereocenters. The summed E-state index contributed by atoms with van der Waals surface area (Å²) >= 11 is 6.52. The summed E-state index contributed by atoms with van der Waals surface area (Å²) in [4.78, 5) is 4.66. The molecule has 0 fully saturated rings. The van der Waals surface area contributed by atoms with Gasteiger partial charge in [0, 0.05) is 23.4 Å². The third kappa shape index (κ3) is 5.22. The molecule has 4 aromatic carbocycles. The highest BCUT2D eigenvalue weighted by Gasteiger charge is 2.37. The molecule has 0 bridgehead atoms. The van der Waals surface area contributed by atoms with Crippen molar-refractivity contribution in [1.82, 2.24) is 0 Å². The van der Waals surface area contributed by atoms with Gasteiger partial charge in [0.05, 0.1) is 23.9 Å². The third-order valence-corrected chi connectivity index (χ3v) is 8.00. The largest absolute Gasteiger partial charge is 0.493 e. The maximum atomic E-state index is 14.0. The summed E-state index contributed by atoms with van der Waals surface area (Å²) < 4.78 is 25.3. The lowest BCUT2D eigenvalue weighted by atomic mass is 9.76. The van der Waals surface area contributed by atoms with Crippen LogP contribution in [0.1, 0.15) is 46.2 Å². The number of methoxy groups -OCH3 is 1. The predicted octanol–water partition coefficient (Wildman–Crippen LogP) is 8.95. The number of halogens is 2. The molecular weight excluding hydrogens is 523 g/mol. The van der Waals surface area contributed by atoms with Crippen molar-refractivity contribution in [3.63, 3.8) is 0 Å². The minimum Gasteiger partial charge on any atom is -0.493 e. The molecule has 6 heteroatoms. The molecule has 0 amide bonds. The number of anilines is 1. The second kappa shape index (κ2) is 11.2. The predicted molar refractivity (Wildman–Crippen MR) is 160 cm³/mol. The van der Waals surface area contributed by atoms with Gasteiger partial charge in [-0.25, -0.2) is 4.39 Å². The second-order valence-corrected chi connectivity index (χ2v) is 10.7. The summed E-state index contributed by atoms with van der Waals surface area (Å²) in [5.74, 6) is 1.44. The van der Waals surface area contributed by atoms with Gasteiger partial charge in [-0.05, 0) is 72.4 Å². The number of hydrogen-bond acceptors (Lipinski definition) is 4. The highest BCUT2D eigenvalue weighted by atomic mass is 35.5. The van der Waals surface area contributed by atoms with Gasteiger partial charge in [-0.3, -0.25) is 4.99 Å². The molecule has 1 aliphatic carbocycles. The number of benzene rings is 4. The molecule has 1 aliphatic heterocycles. The first-order valence-electron chi connectivity index (χ1n) is 13.4. The number of rotatable bonds is 7. The highest BCUT2D eigenvalue weighted by Crippen LogP contribution is 2.50. The van der Waals surface area contributed by atoms with Gasteiger partial charge in [-0.15, -0.1) is 0 Å². The average molecular weight is 553 g/mol. The minimum atomic E-state index is -0.328. The normalized spacial score (nSPS) is 19.2. The van der Waals surface area contributed by atoms with Crippen LogP contribution in [-0.2, 0) is 6.61 Å². The van der Waals surface area contributed by atoms with Gasteiger partial charge in [0.15, 0.2) is 11.5 Å². The summed E-state index contributed by atoms with van der Waals surface area (Å²) in [5.41, 5.74) is 7.22. The van der Waals surface area contributed by atoms with Gasteiger partial charge in [0.25, 0.3) is 0 Å². The van der Waals surface area contributed by atoms with Gasteiger partial charge in [-0.1, -0.05) is 71.8 Å². The summed E-state index contributed by atoms with van der Waals surface area (Å²) in [6.07, 6.45) is 7.50. The van der Waals surface area contributed by atoms with Crippen LogP contribution in [0, 0.1) is 18.7 Å². The van der Waals surface area contributed by atoms with Crippen LogP contribution in [-0.4, -0.2) is 13.3 Å². The Bertz CT molecular complexity index is 1600. The summed E-state index contributed by atoms with van der Waals surface area (Å²) in [7, 11) is 1.55. The first-order chi connectivity index (χ1) is 19.5. The lowest BCUT2D eigenvalue weighted by Gasteiger charge is -2.37. The number of nitrogens with one attached hydrogen (secondary N) is 1. The van der Waals surface area contributed by atoms with Gasteiger partial charge >= 0.3 is 0 Å². The molecule has 4 nitrogen and oxygen atoms in total. The van der Waals surface area contributed by atoms with Crippen molar-refractivity contribution in [2.45, 2.75) is 31.9 Å². The van der Waals surface area contributed by atoms with Gasteiger partial charge in [-0.2, -0.15) is 0 Å². The van der Waals surface area contributed by atoms with E-state index in [2.05, 4.69) is 59.7 Å². The Hall–Kier alpha value is -4.09. The SMILES string of the molecule is COc1cc(C=Nc2ccc([C@@H]3Nc4ccc(C)cc4[C@@H]4C=CC[C@@H]43)cc2)cc(Cl)c1OCc1ccccc1F. The van der Waals surface area contributed by atoms with Crippen molar-refractivity contribution in [1.29, 1.82) is 0 Å². The second-order valence-electron chi connectivity index (χ2n) is 10.3. The van der Waals surface area contributed by atoms with Crippen molar-refractivity contribution in [2.24, 2.45) is 10.9 Å². The van der Waals surface area contributed by atoms with E-state index in [1.54, 1.807) is 43.7 Å². The van der Waals surface area contributed by atoms with Crippen LogP contribution in [0.3, 0.4) is 0 Å². The van der Waals surface area contributed by atoms with Crippen molar-refractivity contribution in [2.75, 3.05) is 12.4 Å². The molecule has 0 aromatic heterocycles. The molecule has 6 rings (SSSR count). The lowest BCUT2D eigenvalue weighted by Crippen LogP contribution is -2.29. The third-order valence-electron chi connectivity index (χ3n) is 7.71. The fourth-order valence-electron chi connectivity index (χ4n) is 5.68. The Morgan fingerprint density at radius 1 is 1.05 bits per heavy atom. The molecule has 40 heavy (non-hydrogen) atoms. The van der Waals surface area contributed by atoms with E-state index >= 15 is 0 Å².